The number of carbonyl (C=O) groups excluding carboxylic acids is 1. The van der Waals surface area contributed by atoms with Gasteiger partial charge in [0.05, 0.1) is 5.25 Å². The minimum absolute atomic E-state index is 0.133. The minimum Gasteiger partial charge on any atom is -0.293 e. The summed E-state index contributed by atoms with van der Waals surface area (Å²) in [4.78, 5) is 12.5. The molecule has 1 saturated heterocycles. The van der Waals surface area contributed by atoms with Crippen LogP contribution >= 0.6 is 23.5 Å². The number of benzene rings is 1. The molecule has 0 spiro atoms. The Morgan fingerprint density at radius 3 is 2.33 bits per heavy atom. The van der Waals surface area contributed by atoms with Gasteiger partial charge in [0.15, 0.2) is 5.78 Å². The standard InChI is InChI=1S/C15H20OS2/c1-10(2)12-4-6-13(7-5-12)14(16)15-11(3)17-8-9-18-15/h4-7,10-11,15H,8-9H2,1-3H3. The Kier molecular flexibility index (Phi) is 4.79. The molecule has 1 nitrogen and oxygen atoms in total. The first-order valence-electron chi connectivity index (χ1n) is 6.47. The van der Waals surface area contributed by atoms with Crippen LogP contribution in [0.2, 0.25) is 0 Å². The lowest BCUT2D eigenvalue weighted by Crippen LogP contribution is -2.31. The molecule has 18 heavy (non-hydrogen) atoms. The van der Waals surface area contributed by atoms with E-state index in [2.05, 4.69) is 32.9 Å². The summed E-state index contributed by atoms with van der Waals surface area (Å²) in [6.45, 7) is 6.51. The van der Waals surface area contributed by atoms with E-state index in [4.69, 9.17) is 0 Å². The summed E-state index contributed by atoms with van der Waals surface area (Å²) >= 11 is 3.73. The Morgan fingerprint density at radius 2 is 1.78 bits per heavy atom. The first-order chi connectivity index (χ1) is 8.59. The van der Waals surface area contributed by atoms with Gasteiger partial charge in [-0.2, -0.15) is 11.8 Å². The zero-order chi connectivity index (χ0) is 13.1. The summed E-state index contributed by atoms with van der Waals surface area (Å²) in [5.74, 6) is 3.08. The second-order valence-corrected chi connectivity index (χ2v) is 7.74. The highest BCUT2D eigenvalue weighted by Crippen LogP contribution is 2.33. The maximum absolute atomic E-state index is 12.5. The van der Waals surface area contributed by atoms with Gasteiger partial charge in [-0.1, -0.05) is 45.0 Å². The van der Waals surface area contributed by atoms with Crippen molar-refractivity contribution in [1.29, 1.82) is 0 Å². The van der Waals surface area contributed by atoms with Gasteiger partial charge in [0.2, 0.25) is 0 Å². The van der Waals surface area contributed by atoms with Crippen molar-refractivity contribution in [2.45, 2.75) is 37.2 Å². The van der Waals surface area contributed by atoms with E-state index in [0.717, 1.165) is 11.3 Å². The fraction of sp³-hybridized carbons (Fsp3) is 0.533. The first-order valence-corrected chi connectivity index (χ1v) is 8.56. The fourth-order valence-corrected chi connectivity index (χ4v) is 4.84. The molecule has 0 saturated carbocycles. The summed E-state index contributed by atoms with van der Waals surface area (Å²) in [6.07, 6.45) is 0. The molecular formula is C15H20OS2. The SMILES string of the molecule is CC(C)c1ccc(C(=O)C2SCCSC2C)cc1. The number of hydrogen-bond donors (Lipinski definition) is 0. The molecule has 1 aliphatic rings. The molecule has 0 bridgehead atoms. The van der Waals surface area contributed by atoms with Gasteiger partial charge in [-0.3, -0.25) is 4.79 Å². The van der Waals surface area contributed by atoms with Crippen molar-refractivity contribution in [2.24, 2.45) is 0 Å². The Morgan fingerprint density at radius 1 is 1.17 bits per heavy atom. The molecule has 2 unspecified atom stereocenters. The molecule has 0 N–H and O–H groups in total. The average Bonchev–Trinajstić information content (AvgIpc) is 2.38. The van der Waals surface area contributed by atoms with E-state index < -0.39 is 0 Å². The van der Waals surface area contributed by atoms with Gasteiger partial charge in [-0.25, -0.2) is 0 Å². The normalized spacial score (nSPS) is 24.2. The number of rotatable bonds is 3. The molecular weight excluding hydrogens is 260 g/mol. The van der Waals surface area contributed by atoms with Crippen LogP contribution in [0.1, 0.15) is 42.6 Å². The average molecular weight is 280 g/mol. The van der Waals surface area contributed by atoms with Crippen LogP contribution in [0.4, 0.5) is 0 Å². The number of Topliss-reactive ketones (excluding diaryl/α,β-unsaturated/α-hetero) is 1. The Bertz CT molecular complexity index is 411. The van der Waals surface area contributed by atoms with Crippen molar-refractivity contribution in [3.8, 4) is 0 Å². The van der Waals surface area contributed by atoms with E-state index in [-0.39, 0.29) is 5.25 Å². The predicted octanol–water partition coefficient (Wildman–Crippen LogP) is 4.23. The molecule has 0 radical (unpaired) electrons. The maximum Gasteiger partial charge on any atom is 0.176 e. The van der Waals surface area contributed by atoms with Crippen molar-refractivity contribution in [2.75, 3.05) is 11.5 Å². The van der Waals surface area contributed by atoms with Crippen molar-refractivity contribution >= 4 is 29.3 Å². The van der Waals surface area contributed by atoms with Gasteiger partial charge in [-0.15, -0.1) is 11.8 Å². The molecule has 1 aromatic carbocycles. The zero-order valence-corrected chi connectivity index (χ0v) is 12.8. The monoisotopic (exact) mass is 280 g/mol. The van der Waals surface area contributed by atoms with E-state index >= 15 is 0 Å². The van der Waals surface area contributed by atoms with Crippen LogP contribution in [0.5, 0.6) is 0 Å². The van der Waals surface area contributed by atoms with Gasteiger partial charge in [0.25, 0.3) is 0 Å². The van der Waals surface area contributed by atoms with Gasteiger partial charge in [0.1, 0.15) is 0 Å². The molecule has 98 valence electrons. The van der Waals surface area contributed by atoms with Crippen LogP contribution in [0, 0.1) is 0 Å². The van der Waals surface area contributed by atoms with Crippen molar-refractivity contribution in [1.82, 2.24) is 0 Å². The van der Waals surface area contributed by atoms with Gasteiger partial charge in [-0.05, 0) is 11.5 Å². The molecule has 0 aromatic heterocycles. The Hall–Kier alpha value is -0.410. The molecule has 2 atom stereocenters. The summed E-state index contributed by atoms with van der Waals surface area (Å²) in [5, 5.41) is 0.565. The first kappa shape index (κ1) is 14.0. The van der Waals surface area contributed by atoms with E-state index in [9.17, 15) is 4.79 Å². The lowest BCUT2D eigenvalue weighted by molar-refractivity contribution is 0.0989. The highest BCUT2D eigenvalue weighted by atomic mass is 32.2. The summed E-state index contributed by atoms with van der Waals surface area (Å²) in [6, 6.07) is 8.15. The van der Waals surface area contributed by atoms with Crippen LogP contribution in [-0.2, 0) is 0 Å². The molecule has 1 aliphatic heterocycles. The Balaban J connectivity index is 2.13. The summed E-state index contributed by atoms with van der Waals surface area (Å²) < 4.78 is 0. The van der Waals surface area contributed by atoms with Crippen LogP contribution in [-0.4, -0.2) is 27.8 Å². The van der Waals surface area contributed by atoms with Gasteiger partial charge < -0.3 is 0 Å². The van der Waals surface area contributed by atoms with E-state index in [1.807, 2.05) is 35.7 Å². The van der Waals surface area contributed by atoms with Crippen LogP contribution in [0.15, 0.2) is 24.3 Å². The lowest BCUT2D eigenvalue weighted by atomic mass is 9.99. The quantitative estimate of drug-likeness (QED) is 0.771. The van der Waals surface area contributed by atoms with Crippen LogP contribution < -0.4 is 0 Å². The third-order valence-electron chi connectivity index (χ3n) is 3.31. The van der Waals surface area contributed by atoms with Crippen molar-refractivity contribution in [3.63, 3.8) is 0 Å². The molecule has 0 amide bonds. The van der Waals surface area contributed by atoms with Crippen molar-refractivity contribution in [3.05, 3.63) is 35.4 Å². The maximum atomic E-state index is 12.5. The molecule has 3 heteroatoms. The third-order valence-corrected chi connectivity index (χ3v) is 6.40. The molecule has 1 heterocycles. The smallest absolute Gasteiger partial charge is 0.176 e. The van der Waals surface area contributed by atoms with E-state index in [0.29, 0.717) is 17.0 Å². The number of hydrogen-bond acceptors (Lipinski definition) is 3. The topological polar surface area (TPSA) is 17.1 Å². The lowest BCUT2D eigenvalue weighted by Gasteiger charge is -2.26. The number of carbonyl (C=O) groups is 1. The summed E-state index contributed by atoms with van der Waals surface area (Å²) in [7, 11) is 0. The van der Waals surface area contributed by atoms with E-state index in [1.165, 1.54) is 11.3 Å². The summed E-state index contributed by atoms with van der Waals surface area (Å²) in [5.41, 5.74) is 2.16. The Labute approximate surface area is 118 Å². The largest absolute Gasteiger partial charge is 0.293 e. The molecule has 1 fully saturated rings. The van der Waals surface area contributed by atoms with Crippen LogP contribution in [0.3, 0.4) is 0 Å². The van der Waals surface area contributed by atoms with Gasteiger partial charge >= 0.3 is 0 Å². The van der Waals surface area contributed by atoms with Crippen molar-refractivity contribution < 1.29 is 4.79 Å². The van der Waals surface area contributed by atoms with E-state index in [1.54, 1.807) is 0 Å². The second-order valence-electron chi connectivity index (χ2n) is 5.01. The third kappa shape index (κ3) is 3.12. The second kappa shape index (κ2) is 6.16. The predicted molar refractivity (Wildman–Crippen MR) is 83.0 cm³/mol. The van der Waals surface area contributed by atoms with Gasteiger partial charge in [0, 0.05) is 22.3 Å². The fourth-order valence-electron chi connectivity index (χ4n) is 2.12. The minimum atomic E-state index is 0.133. The molecule has 2 rings (SSSR count). The number of ketones is 1. The van der Waals surface area contributed by atoms with Crippen LogP contribution in [0.25, 0.3) is 0 Å². The zero-order valence-electron chi connectivity index (χ0n) is 11.2. The highest BCUT2D eigenvalue weighted by Gasteiger charge is 2.29. The number of thioether (sulfide) groups is 2. The molecule has 1 aromatic rings. The highest BCUT2D eigenvalue weighted by molar-refractivity contribution is 8.07. The molecule has 0 aliphatic carbocycles.